The molecule has 2 heterocycles. The minimum atomic E-state index is -0.0458. The zero-order valence-electron chi connectivity index (χ0n) is 16.5. The van der Waals surface area contributed by atoms with E-state index in [0.29, 0.717) is 13.0 Å². The molecule has 0 N–H and O–H groups in total. The molecule has 0 bridgehead atoms. The lowest BCUT2D eigenvalue weighted by atomic mass is 9.93. The number of hydrogen-bond donors (Lipinski definition) is 0. The van der Waals surface area contributed by atoms with E-state index in [2.05, 4.69) is 30.5 Å². The van der Waals surface area contributed by atoms with Crippen molar-refractivity contribution in [3.63, 3.8) is 0 Å². The maximum atomic E-state index is 13.4. The van der Waals surface area contributed by atoms with Gasteiger partial charge < -0.3 is 9.80 Å². The van der Waals surface area contributed by atoms with Gasteiger partial charge in [-0.05, 0) is 48.3 Å². The van der Waals surface area contributed by atoms with E-state index in [9.17, 15) is 9.59 Å². The molecule has 4 rings (SSSR count). The van der Waals surface area contributed by atoms with Crippen molar-refractivity contribution in [1.29, 1.82) is 0 Å². The minimum Gasteiger partial charge on any atom is -0.330 e. The largest absolute Gasteiger partial charge is 0.330 e. The summed E-state index contributed by atoms with van der Waals surface area (Å²) in [5.41, 5.74) is 2.39. The van der Waals surface area contributed by atoms with Gasteiger partial charge in [-0.2, -0.15) is 0 Å². The number of fused-ring (bicyclic) bond motifs is 1. The molecule has 1 aromatic heterocycles. The summed E-state index contributed by atoms with van der Waals surface area (Å²) in [6.45, 7) is 3.03. The predicted octanol–water partition coefficient (Wildman–Crippen LogP) is 4.40. The van der Waals surface area contributed by atoms with E-state index < -0.39 is 0 Å². The minimum absolute atomic E-state index is 0.0458. The number of carbonyl (C=O) groups is 2. The van der Waals surface area contributed by atoms with Gasteiger partial charge in [-0.15, -0.1) is 11.3 Å². The number of benzene rings is 1. The van der Waals surface area contributed by atoms with Gasteiger partial charge in [0.15, 0.2) is 0 Å². The molecule has 0 spiro atoms. The molecule has 1 atom stereocenters. The molecule has 28 heavy (non-hydrogen) atoms. The van der Waals surface area contributed by atoms with Crippen molar-refractivity contribution in [2.24, 2.45) is 0 Å². The Morgan fingerprint density at radius 3 is 2.68 bits per heavy atom. The summed E-state index contributed by atoms with van der Waals surface area (Å²) in [5.74, 6) is 0.213. The van der Waals surface area contributed by atoms with Gasteiger partial charge in [0.2, 0.25) is 11.8 Å². The molecule has 1 unspecified atom stereocenters. The zero-order chi connectivity index (χ0) is 19.5. The monoisotopic (exact) mass is 396 g/mol. The Hall–Kier alpha value is -2.14. The van der Waals surface area contributed by atoms with Crippen LogP contribution in [0.3, 0.4) is 0 Å². The highest BCUT2D eigenvalue weighted by molar-refractivity contribution is 7.10. The van der Waals surface area contributed by atoms with Gasteiger partial charge in [-0.25, -0.2) is 0 Å². The van der Waals surface area contributed by atoms with Crippen LogP contribution in [0.2, 0.25) is 0 Å². The van der Waals surface area contributed by atoms with Crippen molar-refractivity contribution in [3.05, 3.63) is 57.8 Å². The topological polar surface area (TPSA) is 40.6 Å². The number of carbonyl (C=O) groups excluding carboxylic acids is 2. The van der Waals surface area contributed by atoms with Crippen molar-refractivity contribution >= 4 is 23.2 Å². The van der Waals surface area contributed by atoms with Crippen molar-refractivity contribution in [1.82, 2.24) is 9.80 Å². The number of rotatable bonds is 7. The smallest absolute Gasteiger partial charge is 0.243 e. The molecule has 0 saturated heterocycles. The molecule has 2 aliphatic rings. The molecule has 1 saturated carbocycles. The average molecular weight is 397 g/mol. The Labute approximate surface area is 171 Å². The van der Waals surface area contributed by atoms with Crippen molar-refractivity contribution in [2.75, 3.05) is 13.1 Å². The fourth-order valence-corrected chi connectivity index (χ4v) is 5.00. The van der Waals surface area contributed by atoms with Crippen LogP contribution in [-0.4, -0.2) is 40.7 Å². The third-order valence-corrected chi connectivity index (χ3v) is 6.76. The zero-order valence-corrected chi connectivity index (χ0v) is 17.3. The first-order chi connectivity index (χ1) is 13.7. The quantitative estimate of drug-likeness (QED) is 0.696. The molecule has 2 amide bonds. The normalized spacial score (nSPS) is 18.6. The van der Waals surface area contributed by atoms with Crippen LogP contribution in [-0.2, 0) is 16.0 Å². The molecule has 1 aromatic carbocycles. The first-order valence-electron chi connectivity index (χ1n) is 10.4. The highest BCUT2D eigenvalue weighted by Crippen LogP contribution is 2.38. The van der Waals surface area contributed by atoms with Gasteiger partial charge in [-0.3, -0.25) is 9.59 Å². The second-order valence-electron chi connectivity index (χ2n) is 7.81. The Morgan fingerprint density at radius 2 is 1.96 bits per heavy atom. The molecule has 148 valence electrons. The molecule has 2 aromatic rings. The van der Waals surface area contributed by atoms with Crippen LogP contribution in [0.15, 0.2) is 41.8 Å². The van der Waals surface area contributed by atoms with E-state index in [4.69, 9.17) is 0 Å². The van der Waals surface area contributed by atoms with Crippen LogP contribution >= 0.6 is 11.3 Å². The van der Waals surface area contributed by atoms with Gasteiger partial charge in [0, 0.05) is 23.9 Å². The highest BCUT2D eigenvalue weighted by Gasteiger charge is 2.37. The number of unbranched alkanes of at least 4 members (excludes halogenated alkanes) is 1. The lowest BCUT2D eigenvalue weighted by molar-refractivity contribution is -0.142. The molecule has 1 aliphatic carbocycles. The van der Waals surface area contributed by atoms with Crippen LogP contribution in [0.25, 0.3) is 0 Å². The number of thiophene rings is 1. The number of amides is 2. The lowest BCUT2D eigenvalue weighted by Crippen LogP contribution is -2.47. The molecule has 0 radical (unpaired) electrons. The van der Waals surface area contributed by atoms with Gasteiger partial charge in [0.1, 0.15) is 6.54 Å². The molecule has 5 heteroatoms. The van der Waals surface area contributed by atoms with Gasteiger partial charge in [-0.1, -0.05) is 43.7 Å². The SMILES string of the molecule is CCCCC(=O)N(CC(=O)N1CCc2sccc2C1c1ccccc1)C1CC1. The number of nitrogens with zero attached hydrogens (tertiary/aromatic N) is 2. The predicted molar refractivity (Wildman–Crippen MR) is 112 cm³/mol. The Balaban J connectivity index is 1.56. The summed E-state index contributed by atoms with van der Waals surface area (Å²) in [6.07, 6.45) is 5.41. The van der Waals surface area contributed by atoms with E-state index in [-0.39, 0.29) is 30.4 Å². The molecule has 1 aliphatic heterocycles. The van der Waals surface area contributed by atoms with E-state index in [1.807, 2.05) is 28.0 Å². The van der Waals surface area contributed by atoms with Gasteiger partial charge in [0.05, 0.1) is 6.04 Å². The van der Waals surface area contributed by atoms with E-state index in [1.165, 1.54) is 10.4 Å². The van der Waals surface area contributed by atoms with Crippen LogP contribution in [0.1, 0.15) is 61.1 Å². The third kappa shape index (κ3) is 4.00. The van der Waals surface area contributed by atoms with Crippen LogP contribution in [0, 0.1) is 0 Å². The number of hydrogen-bond acceptors (Lipinski definition) is 3. The Morgan fingerprint density at radius 1 is 1.18 bits per heavy atom. The van der Waals surface area contributed by atoms with Crippen LogP contribution in [0.4, 0.5) is 0 Å². The fourth-order valence-electron chi connectivity index (χ4n) is 4.10. The summed E-state index contributed by atoms with van der Waals surface area (Å²) in [4.78, 5) is 31.3. The second-order valence-corrected chi connectivity index (χ2v) is 8.81. The van der Waals surface area contributed by atoms with Crippen molar-refractivity contribution in [2.45, 2.75) is 57.5 Å². The van der Waals surface area contributed by atoms with E-state index in [0.717, 1.165) is 37.7 Å². The van der Waals surface area contributed by atoms with Crippen molar-refractivity contribution in [3.8, 4) is 0 Å². The maximum absolute atomic E-state index is 13.4. The third-order valence-electron chi connectivity index (χ3n) is 5.76. The van der Waals surface area contributed by atoms with Gasteiger partial charge in [0.25, 0.3) is 0 Å². The first kappa shape index (κ1) is 19.2. The molecular formula is C23H28N2O2S. The lowest BCUT2D eigenvalue weighted by Gasteiger charge is -2.37. The molecule has 4 nitrogen and oxygen atoms in total. The van der Waals surface area contributed by atoms with E-state index >= 15 is 0 Å². The standard InChI is InChI=1S/C23H28N2O2S/c1-2-3-9-21(26)25(18-10-11-18)16-22(27)24-14-12-20-19(13-15-28-20)23(24)17-7-5-4-6-8-17/h4-8,13,15,18,23H,2-3,9-12,14,16H2,1H3. The average Bonchev–Trinajstić information content (AvgIpc) is 3.45. The Bertz CT molecular complexity index is 828. The summed E-state index contributed by atoms with van der Waals surface area (Å²) in [5, 5.41) is 2.12. The Kier molecular flexibility index (Phi) is 5.81. The summed E-state index contributed by atoms with van der Waals surface area (Å²) < 4.78 is 0. The summed E-state index contributed by atoms with van der Waals surface area (Å²) in [6, 6.07) is 12.6. The highest BCUT2D eigenvalue weighted by atomic mass is 32.1. The second kappa shape index (κ2) is 8.48. The van der Waals surface area contributed by atoms with Crippen molar-refractivity contribution < 1.29 is 9.59 Å². The van der Waals surface area contributed by atoms with E-state index in [1.54, 1.807) is 11.3 Å². The first-order valence-corrected chi connectivity index (χ1v) is 11.3. The summed E-state index contributed by atoms with van der Waals surface area (Å²) in [7, 11) is 0. The van der Waals surface area contributed by atoms with Crippen LogP contribution in [0.5, 0.6) is 0 Å². The maximum Gasteiger partial charge on any atom is 0.243 e. The molecule has 1 fully saturated rings. The van der Waals surface area contributed by atoms with Gasteiger partial charge >= 0.3 is 0 Å². The van der Waals surface area contributed by atoms with Crippen LogP contribution < -0.4 is 0 Å². The fraction of sp³-hybridized carbons (Fsp3) is 0.478. The summed E-state index contributed by atoms with van der Waals surface area (Å²) >= 11 is 1.78. The molecular weight excluding hydrogens is 368 g/mol.